The monoisotopic (exact) mass is 860 g/mol. The average Bonchev–Trinajstić information content (AvgIpc) is 3.26. The maximum Gasteiger partial charge on any atom is 0.305 e. The van der Waals surface area contributed by atoms with Crippen molar-refractivity contribution in [3.8, 4) is 0 Å². The Morgan fingerprint density at radius 2 is 0.820 bits per heavy atom. The molecule has 0 aliphatic heterocycles. The normalized spacial score (nSPS) is 12.8. The zero-order valence-electron chi connectivity index (χ0n) is 40.9. The van der Waals surface area contributed by atoms with E-state index >= 15 is 0 Å². The molecule has 0 aromatic carbocycles. The third-order valence-corrected chi connectivity index (χ3v) is 12.5. The Morgan fingerprint density at radius 3 is 1.26 bits per heavy atom. The highest BCUT2D eigenvalue weighted by atomic mass is 16.5. The van der Waals surface area contributed by atoms with Gasteiger partial charge in [0.2, 0.25) is 5.91 Å². The molecule has 0 radical (unpaired) electrons. The maximum atomic E-state index is 12.5. The van der Waals surface area contributed by atoms with Crippen molar-refractivity contribution >= 4 is 11.9 Å². The highest BCUT2D eigenvalue weighted by Gasteiger charge is 2.20. The summed E-state index contributed by atoms with van der Waals surface area (Å²) in [6.07, 6.45) is 60.0. The van der Waals surface area contributed by atoms with Crippen molar-refractivity contribution in [2.24, 2.45) is 0 Å². The van der Waals surface area contributed by atoms with Crippen molar-refractivity contribution in [2.75, 3.05) is 13.2 Å². The molecule has 3 N–H and O–H groups in total. The largest absolute Gasteiger partial charge is 0.466 e. The van der Waals surface area contributed by atoms with Gasteiger partial charge in [0, 0.05) is 12.8 Å². The molecule has 0 spiro atoms. The number of rotatable bonds is 50. The van der Waals surface area contributed by atoms with E-state index in [2.05, 4.69) is 43.5 Å². The van der Waals surface area contributed by atoms with Gasteiger partial charge in [-0.3, -0.25) is 9.59 Å². The number of unbranched alkanes of at least 4 members (excludes halogenated alkanes) is 35. The van der Waals surface area contributed by atoms with Gasteiger partial charge in [0.05, 0.1) is 25.4 Å². The van der Waals surface area contributed by atoms with Crippen molar-refractivity contribution in [3.63, 3.8) is 0 Å². The summed E-state index contributed by atoms with van der Waals surface area (Å²) in [5, 5.41) is 23.2. The Morgan fingerprint density at radius 1 is 0.459 bits per heavy atom. The van der Waals surface area contributed by atoms with Crippen LogP contribution in [0.5, 0.6) is 0 Å². The molecule has 360 valence electrons. The van der Waals surface area contributed by atoms with Gasteiger partial charge in [0.15, 0.2) is 0 Å². The van der Waals surface area contributed by atoms with Gasteiger partial charge >= 0.3 is 5.97 Å². The van der Waals surface area contributed by atoms with Gasteiger partial charge in [0.25, 0.3) is 0 Å². The van der Waals surface area contributed by atoms with Crippen molar-refractivity contribution in [1.82, 2.24) is 5.32 Å². The molecule has 0 heterocycles. The number of ether oxygens (including phenoxy) is 1. The van der Waals surface area contributed by atoms with Gasteiger partial charge < -0.3 is 20.3 Å². The van der Waals surface area contributed by atoms with Crippen LogP contribution in [0.3, 0.4) is 0 Å². The lowest BCUT2D eigenvalue weighted by Crippen LogP contribution is -2.45. The lowest BCUT2D eigenvalue weighted by atomic mass is 10.0. The number of carbonyl (C=O) groups excluding carboxylic acids is 2. The van der Waals surface area contributed by atoms with Gasteiger partial charge in [0.1, 0.15) is 0 Å². The Hall–Kier alpha value is -1.66. The first-order valence-corrected chi connectivity index (χ1v) is 27.1. The van der Waals surface area contributed by atoms with Crippen LogP contribution in [0.2, 0.25) is 0 Å². The summed E-state index contributed by atoms with van der Waals surface area (Å²) >= 11 is 0. The van der Waals surface area contributed by atoms with Crippen LogP contribution in [0, 0.1) is 0 Å². The second kappa shape index (κ2) is 51.0. The van der Waals surface area contributed by atoms with Crippen LogP contribution in [0.25, 0.3) is 0 Å². The minimum absolute atomic E-state index is 0.0187. The standard InChI is InChI=1S/C55H105NO5/c1-3-5-7-9-11-13-15-17-19-21-25-29-33-37-41-45-49-55(60)61-50-46-42-38-34-30-26-22-24-28-32-36-40-44-48-54(59)56-52(51-57)53(58)47-43-39-35-31-27-23-20-18-16-14-12-10-8-6-4-2/h13,15,19,21,52-53,57-58H,3-12,14,16-18,20,22-51H2,1-2H3,(H,56,59)/b15-13-,21-19-. The SMILES string of the molecule is CCCCCC/C=C\C/C=C\CCCCCCCC(=O)OCCCCCCCCCCCCCCCC(=O)NC(CO)C(O)CCCCCCCCCCCCCCCCC. The number of aliphatic hydroxyl groups is 2. The van der Waals surface area contributed by atoms with Gasteiger partial charge in [-0.1, -0.05) is 244 Å². The molecule has 0 aromatic heterocycles. The smallest absolute Gasteiger partial charge is 0.305 e. The summed E-state index contributed by atoms with van der Waals surface area (Å²) in [4.78, 5) is 24.5. The number of hydrogen-bond donors (Lipinski definition) is 3. The summed E-state index contributed by atoms with van der Waals surface area (Å²) in [6, 6.07) is -0.551. The third kappa shape index (κ3) is 47.7. The van der Waals surface area contributed by atoms with Crippen LogP contribution < -0.4 is 5.32 Å². The summed E-state index contributed by atoms with van der Waals surface area (Å²) in [5.41, 5.74) is 0. The zero-order chi connectivity index (χ0) is 44.4. The molecule has 1 amide bonds. The molecule has 0 aliphatic rings. The number of nitrogens with one attached hydrogen (secondary N) is 1. The molecule has 0 bridgehead atoms. The Balaban J connectivity index is 3.46. The van der Waals surface area contributed by atoms with Crippen molar-refractivity contribution in [2.45, 2.75) is 302 Å². The van der Waals surface area contributed by atoms with Gasteiger partial charge in [-0.05, 0) is 57.8 Å². The first kappa shape index (κ1) is 59.3. The van der Waals surface area contributed by atoms with Gasteiger partial charge in [-0.25, -0.2) is 0 Å². The molecule has 0 aromatic rings. The fourth-order valence-electron chi connectivity index (χ4n) is 8.32. The first-order chi connectivity index (χ1) is 30.0. The molecule has 2 atom stereocenters. The lowest BCUT2D eigenvalue weighted by Gasteiger charge is -2.22. The Labute approximate surface area is 380 Å². The number of esters is 1. The number of allylic oxidation sites excluding steroid dienone is 4. The van der Waals surface area contributed by atoms with Gasteiger partial charge in [-0.15, -0.1) is 0 Å². The molecule has 61 heavy (non-hydrogen) atoms. The number of amides is 1. The van der Waals surface area contributed by atoms with Crippen LogP contribution in [-0.4, -0.2) is 47.4 Å². The Bertz CT molecular complexity index is 951. The van der Waals surface area contributed by atoms with E-state index in [4.69, 9.17) is 4.74 Å². The van der Waals surface area contributed by atoms with E-state index in [-0.39, 0.29) is 18.5 Å². The van der Waals surface area contributed by atoms with Crippen LogP contribution in [-0.2, 0) is 14.3 Å². The van der Waals surface area contributed by atoms with E-state index in [1.807, 2.05) is 0 Å². The molecule has 0 fully saturated rings. The maximum absolute atomic E-state index is 12.5. The predicted molar refractivity (Wildman–Crippen MR) is 264 cm³/mol. The third-order valence-electron chi connectivity index (χ3n) is 12.5. The minimum Gasteiger partial charge on any atom is -0.466 e. The molecule has 0 saturated heterocycles. The van der Waals surface area contributed by atoms with E-state index < -0.39 is 12.1 Å². The molecule has 6 nitrogen and oxygen atoms in total. The molecule has 2 unspecified atom stereocenters. The second-order valence-electron chi connectivity index (χ2n) is 18.6. The lowest BCUT2D eigenvalue weighted by molar-refractivity contribution is -0.143. The summed E-state index contributed by atoms with van der Waals surface area (Å²) in [6.45, 7) is 4.91. The zero-order valence-corrected chi connectivity index (χ0v) is 40.9. The Kier molecular flexibility index (Phi) is 49.6. The average molecular weight is 860 g/mol. The van der Waals surface area contributed by atoms with E-state index in [9.17, 15) is 19.8 Å². The van der Waals surface area contributed by atoms with Crippen molar-refractivity contribution in [1.29, 1.82) is 0 Å². The summed E-state index contributed by atoms with van der Waals surface area (Å²) in [7, 11) is 0. The number of aliphatic hydroxyl groups excluding tert-OH is 2. The molecular weight excluding hydrogens is 755 g/mol. The highest BCUT2D eigenvalue weighted by Crippen LogP contribution is 2.17. The summed E-state index contributed by atoms with van der Waals surface area (Å²) < 4.78 is 5.46. The number of hydrogen-bond acceptors (Lipinski definition) is 5. The topological polar surface area (TPSA) is 95.9 Å². The first-order valence-electron chi connectivity index (χ1n) is 27.1. The molecule has 6 heteroatoms. The van der Waals surface area contributed by atoms with Crippen LogP contribution >= 0.6 is 0 Å². The summed E-state index contributed by atoms with van der Waals surface area (Å²) in [5.74, 6) is -0.0663. The van der Waals surface area contributed by atoms with Crippen molar-refractivity contribution in [3.05, 3.63) is 24.3 Å². The second-order valence-corrected chi connectivity index (χ2v) is 18.6. The van der Waals surface area contributed by atoms with Crippen molar-refractivity contribution < 1.29 is 24.5 Å². The van der Waals surface area contributed by atoms with Crippen LogP contribution in [0.4, 0.5) is 0 Å². The predicted octanol–water partition coefficient (Wildman–Crippen LogP) is 16.3. The fourth-order valence-corrected chi connectivity index (χ4v) is 8.32. The number of carbonyl (C=O) groups is 2. The van der Waals surface area contributed by atoms with Gasteiger partial charge in [-0.2, -0.15) is 0 Å². The van der Waals surface area contributed by atoms with E-state index in [1.54, 1.807) is 0 Å². The van der Waals surface area contributed by atoms with E-state index in [0.29, 0.717) is 25.9 Å². The fraction of sp³-hybridized carbons (Fsp3) is 0.891. The minimum atomic E-state index is -0.673. The quantitative estimate of drug-likeness (QED) is 0.0322. The molecule has 0 rings (SSSR count). The molecular formula is C55H105NO5. The van der Waals surface area contributed by atoms with E-state index in [1.165, 1.54) is 199 Å². The van der Waals surface area contributed by atoms with Crippen LogP contribution in [0.15, 0.2) is 24.3 Å². The molecule has 0 aliphatic carbocycles. The molecule has 0 saturated carbocycles. The van der Waals surface area contributed by atoms with E-state index in [0.717, 1.165) is 57.8 Å². The highest BCUT2D eigenvalue weighted by molar-refractivity contribution is 5.76. The van der Waals surface area contributed by atoms with Crippen LogP contribution in [0.1, 0.15) is 290 Å².